The highest BCUT2D eigenvalue weighted by Gasteiger charge is 2.25. The molecular weight excluding hydrogens is 412 g/mol. The first-order valence-electron chi connectivity index (χ1n) is 10.6. The average Bonchev–Trinajstić information content (AvgIpc) is 2.69. The Morgan fingerprint density at radius 1 is 1.10 bits per heavy atom. The molecule has 0 atom stereocenters. The first kappa shape index (κ1) is 22.9. The zero-order valence-corrected chi connectivity index (χ0v) is 18.3. The largest absolute Gasteiger partial charge is 0.367 e. The molecule has 1 aliphatic heterocycles. The molecule has 0 bridgehead atoms. The second-order valence-electron chi connectivity index (χ2n) is 8.55. The van der Waals surface area contributed by atoms with E-state index in [-0.39, 0.29) is 6.04 Å². The number of benzene rings is 1. The van der Waals surface area contributed by atoms with E-state index in [1.807, 2.05) is 4.90 Å². The molecule has 1 amide bonds. The Hall–Kier alpha value is -1.74. The van der Waals surface area contributed by atoms with Crippen LogP contribution in [0.1, 0.15) is 32.1 Å². The average molecular weight is 444 g/mol. The number of amides is 1. The number of halogens is 2. The van der Waals surface area contributed by atoms with Crippen molar-refractivity contribution in [3.05, 3.63) is 29.8 Å². The van der Waals surface area contributed by atoms with Gasteiger partial charge in [-0.2, -0.15) is 0 Å². The van der Waals surface area contributed by atoms with E-state index in [1.54, 1.807) is 12.1 Å². The van der Waals surface area contributed by atoms with Gasteiger partial charge in [0.05, 0.1) is 5.69 Å². The Morgan fingerprint density at radius 2 is 1.77 bits per heavy atom. The SMILES string of the molecule is CS(=O)(=O)CC(=O)N[C@H]1CC[C@H](CCN2CCN(c3cccc(F)c3F)CC2)CC1. The van der Waals surface area contributed by atoms with Gasteiger partial charge in [0.1, 0.15) is 5.75 Å². The normalized spacial score (nSPS) is 23.4. The van der Waals surface area contributed by atoms with E-state index < -0.39 is 33.1 Å². The van der Waals surface area contributed by atoms with Crippen molar-refractivity contribution in [1.29, 1.82) is 0 Å². The molecule has 1 saturated heterocycles. The fraction of sp³-hybridized carbons (Fsp3) is 0.667. The molecule has 168 valence electrons. The van der Waals surface area contributed by atoms with Gasteiger partial charge in [0.15, 0.2) is 21.5 Å². The smallest absolute Gasteiger partial charge is 0.235 e. The number of nitrogens with one attached hydrogen (secondary N) is 1. The van der Waals surface area contributed by atoms with Gasteiger partial charge < -0.3 is 10.2 Å². The summed E-state index contributed by atoms with van der Waals surface area (Å²) in [5, 5.41) is 2.84. The fourth-order valence-corrected chi connectivity index (χ4v) is 4.98. The molecule has 0 spiro atoms. The molecule has 1 saturated carbocycles. The molecule has 6 nitrogen and oxygen atoms in total. The minimum absolute atomic E-state index is 0.0696. The molecule has 2 aliphatic rings. The predicted octanol–water partition coefficient (Wildman–Crippen LogP) is 2.20. The molecule has 9 heteroatoms. The third-order valence-corrected chi connectivity index (χ3v) is 6.89. The summed E-state index contributed by atoms with van der Waals surface area (Å²) >= 11 is 0. The number of sulfone groups is 1. The van der Waals surface area contributed by atoms with Crippen molar-refractivity contribution in [2.75, 3.05) is 49.6 Å². The van der Waals surface area contributed by atoms with Gasteiger partial charge in [-0.3, -0.25) is 9.69 Å². The van der Waals surface area contributed by atoms with Gasteiger partial charge in [-0.15, -0.1) is 0 Å². The second kappa shape index (κ2) is 10.0. The number of carbonyl (C=O) groups is 1. The van der Waals surface area contributed by atoms with E-state index in [1.165, 1.54) is 0 Å². The van der Waals surface area contributed by atoms with Gasteiger partial charge >= 0.3 is 0 Å². The third kappa shape index (κ3) is 6.63. The van der Waals surface area contributed by atoms with Gasteiger partial charge in [0.25, 0.3) is 0 Å². The molecule has 1 N–H and O–H groups in total. The lowest BCUT2D eigenvalue weighted by molar-refractivity contribution is -0.119. The van der Waals surface area contributed by atoms with E-state index in [4.69, 9.17) is 0 Å². The molecule has 1 aromatic rings. The van der Waals surface area contributed by atoms with E-state index >= 15 is 0 Å². The molecule has 1 aliphatic carbocycles. The van der Waals surface area contributed by atoms with Crippen molar-refractivity contribution in [3.63, 3.8) is 0 Å². The quantitative estimate of drug-likeness (QED) is 0.700. The summed E-state index contributed by atoms with van der Waals surface area (Å²) in [7, 11) is -3.29. The maximum atomic E-state index is 14.0. The molecule has 30 heavy (non-hydrogen) atoms. The Bertz CT molecular complexity index is 834. The zero-order chi connectivity index (χ0) is 21.7. The van der Waals surface area contributed by atoms with E-state index in [0.29, 0.717) is 24.7 Å². The maximum absolute atomic E-state index is 14.0. The number of piperazine rings is 1. The highest BCUT2D eigenvalue weighted by Crippen LogP contribution is 2.28. The number of hydrogen-bond donors (Lipinski definition) is 1. The van der Waals surface area contributed by atoms with Crippen LogP contribution in [0.3, 0.4) is 0 Å². The first-order chi connectivity index (χ1) is 14.2. The number of carbonyl (C=O) groups excluding carboxylic acids is 1. The summed E-state index contributed by atoms with van der Waals surface area (Å²) in [6.07, 6.45) is 5.96. The summed E-state index contributed by atoms with van der Waals surface area (Å²) in [4.78, 5) is 16.0. The summed E-state index contributed by atoms with van der Waals surface area (Å²) < 4.78 is 49.8. The highest BCUT2D eigenvalue weighted by atomic mass is 32.2. The summed E-state index contributed by atoms with van der Waals surface area (Å²) in [5.74, 6) is -1.83. The van der Waals surface area contributed by atoms with E-state index in [9.17, 15) is 22.0 Å². The molecule has 2 fully saturated rings. The summed E-state index contributed by atoms with van der Waals surface area (Å²) in [6.45, 7) is 3.99. The Balaban J connectivity index is 1.35. The Morgan fingerprint density at radius 3 is 2.40 bits per heavy atom. The monoisotopic (exact) mass is 443 g/mol. The molecular formula is C21H31F2N3O3S. The van der Waals surface area contributed by atoms with Crippen LogP contribution in [-0.4, -0.2) is 70.0 Å². The number of nitrogens with zero attached hydrogens (tertiary/aromatic N) is 2. The molecule has 1 aromatic carbocycles. The minimum atomic E-state index is -3.29. The summed E-state index contributed by atoms with van der Waals surface area (Å²) in [5.41, 5.74) is 0.339. The van der Waals surface area contributed by atoms with Crippen LogP contribution in [0.4, 0.5) is 14.5 Å². The van der Waals surface area contributed by atoms with Crippen LogP contribution in [0, 0.1) is 17.6 Å². The van der Waals surface area contributed by atoms with Crippen molar-refractivity contribution >= 4 is 21.4 Å². The van der Waals surface area contributed by atoms with Gasteiger partial charge in [0, 0.05) is 38.5 Å². The lowest BCUT2D eigenvalue weighted by Gasteiger charge is -2.37. The lowest BCUT2D eigenvalue weighted by atomic mass is 9.84. The van der Waals surface area contributed by atoms with Crippen molar-refractivity contribution < 1.29 is 22.0 Å². The standard InChI is InChI=1S/C21H31F2N3O3S/c1-30(28,29)15-20(27)24-17-7-5-16(6-8-17)9-10-25-11-13-26(14-12-25)19-4-2-3-18(22)21(19)23/h2-4,16-17H,5-15H2,1H3,(H,24,27)/t16-,17-. The predicted molar refractivity (Wildman–Crippen MR) is 113 cm³/mol. The van der Waals surface area contributed by atoms with Gasteiger partial charge in [-0.1, -0.05) is 6.07 Å². The van der Waals surface area contributed by atoms with Crippen LogP contribution in [0.25, 0.3) is 0 Å². The Labute approximate surface area is 177 Å². The first-order valence-corrected chi connectivity index (χ1v) is 12.7. The van der Waals surface area contributed by atoms with Crippen LogP contribution < -0.4 is 10.2 Å². The molecule has 0 unspecified atom stereocenters. The molecule has 0 radical (unpaired) electrons. The zero-order valence-electron chi connectivity index (χ0n) is 17.4. The topological polar surface area (TPSA) is 69.7 Å². The number of rotatable bonds is 7. The molecule has 1 heterocycles. The van der Waals surface area contributed by atoms with Crippen LogP contribution >= 0.6 is 0 Å². The number of anilines is 1. The van der Waals surface area contributed by atoms with Crippen LogP contribution in [0.2, 0.25) is 0 Å². The van der Waals surface area contributed by atoms with E-state index in [2.05, 4.69) is 10.2 Å². The van der Waals surface area contributed by atoms with Crippen molar-refractivity contribution in [1.82, 2.24) is 10.2 Å². The van der Waals surface area contributed by atoms with Crippen molar-refractivity contribution in [2.24, 2.45) is 5.92 Å². The van der Waals surface area contributed by atoms with Crippen LogP contribution in [-0.2, 0) is 14.6 Å². The molecule has 0 aromatic heterocycles. The van der Waals surface area contributed by atoms with Crippen molar-refractivity contribution in [2.45, 2.75) is 38.1 Å². The third-order valence-electron chi connectivity index (χ3n) is 6.10. The van der Waals surface area contributed by atoms with Gasteiger partial charge in [-0.25, -0.2) is 17.2 Å². The van der Waals surface area contributed by atoms with E-state index in [0.717, 1.165) is 64.1 Å². The number of hydrogen-bond acceptors (Lipinski definition) is 5. The second-order valence-corrected chi connectivity index (χ2v) is 10.7. The van der Waals surface area contributed by atoms with Gasteiger partial charge in [0.2, 0.25) is 5.91 Å². The minimum Gasteiger partial charge on any atom is -0.367 e. The fourth-order valence-electron chi connectivity index (χ4n) is 4.42. The van der Waals surface area contributed by atoms with Gasteiger partial charge in [-0.05, 0) is 56.7 Å². The van der Waals surface area contributed by atoms with Crippen LogP contribution in [0.5, 0.6) is 0 Å². The molecule has 3 rings (SSSR count). The highest BCUT2D eigenvalue weighted by molar-refractivity contribution is 7.91. The van der Waals surface area contributed by atoms with Crippen molar-refractivity contribution in [3.8, 4) is 0 Å². The maximum Gasteiger partial charge on any atom is 0.235 e. The lowest BCUT2D eigenvalue weighted by Crippen LogP contribution is -2.47. The summed E-state index contributed by atoms with van der Waals surface area (Å²) in [6, 6.07) is 4.38. The Kier molecular flexibility index (Phi) is 7.68. The van der Waals surface area contributed by atoms with Crippen LogP contribution in [0.15, 0.2) is 18.2 Å².